The van der Waals surface area contributed by atoms with Crippen LogP contribution in [0.1, 0.15) is 56.3 Å². The summed E-state index contributed by atoms with van der Waals surface area (Å²) < 4.78 is 6.86. The molecule has 142 valence electrons. The smallest absolute Gasteiger partial charge is 0.257 e. The molecule has 0 bridgehead atoms. The van der Waals surface area contributed by atoms with E-state index in [1.165, 1.54) is 32.2 Å². The molecule has 0 unspecified atom stereocenters. The fourth-order valence-electron chi connectivity index (χ4n) is 4.68. The van der Waals surface area contributed by atoms with Gasteiger partial charge in [0.1, 0.15) is 5.75 Å². The highest BCUT2D eigenvalue weighted by molar-refractivity contribution is 9.10. The van der Waals surface area contributed by atoms with E-state index in [1.807, 2.05) is 32.0 Å². The highest BCUT2D eigenvalue weighted by Crippen LogP contribution is 2.39. The van der Waals surface area contributed by atoms with Crippen LogP contribution in [0, 0.1) is 5.92 Å². The van der Waals surface area contributed by atoms with Crippen molar-refractivity contribution >= 4 is 21.8 Å². The Balaban J connectivity index is 1.49. The predicted octanol–water partition coefficient (Wildman–Crippen LogP) is 4.33. The topological polar surface area (TPSA) is 32.8 Å². The molecule has 1 aromatic carbocycles. The van der Waals surface area contributed by atoms with Gasteiger partial charge in [-0.05, 0) is 76.6 Å². The number of carbonyl (C=O) groups is 1. The first-order valence-electron chi connectivity index (χ1n) is 10.0. The third-order valence-corrected chi connectivity index (χ3v) is 6.44. The number of rotatable bonds is 4. The first-order valence-corrected chi connectivity index (χ1v) is 10.8. The first-order chi connectivity index (χ1) is 12.5. The van der Waals surface area contributed by atoms with E-state index in [2.05, 4.69) is 25.7 Å². The van der Waals surface area contributed by atoms with Crippen LogP contribution in [0.4, 0.5) is 0 Å². The molecule has 4 nitrogen and oxygen atoms in total. The summed E-state index contributed by atoms with van der Waals surface area (Å²) in [5, 5.41) is 0. The molecule has 0 N–H and O–H groups in total. The van der Waals surface area contributed by atoms with E-state index < -0.39 is 0 Å². The van der Waals surface area contributed by atoms with Gasteiger partial charge in [-0.3, -0.25) is 9.69 Å². The third kappa shape index (κ3) is 3.79. The number of piperidine rings is 2. The molecule has 1 amide bonds. The molecule has 2 atom stereocenters. The van der Waals surface area contributed by atoms with E-state index in [0.29, 0.717) is 23.3 Å². The highest BCUT2D eigenvalue weighted by Gasteiger charge is 2.42. The molecule has 2 saturated heterocycles. The van der Waals surface area contributed by atoms with Crippen molar-refractivity contribution in [1.29, 1.82) is 0 Å². The molecule has 3 aliphatic rings. The zero-order chi connectivity index (χ0) is 18.3. The Hall–Kier alpha value is -1.07. The van der Waals surface area contributed by atoms with Crippen LogP contribution in [0.2, 0.25) is 0 Å². The molecule has 26 heavy (non-hydrogen) atoms. The lowest BCUT2D eigenvalue weighted by molar-refractivity contribution is 0.0172. The minimum atomic E-state index is 0.0482. The highest BCUT2D eigenvalue weighted by atomic mass is 79.9. The largest absolute Gasteiger partial charge is 0.490 e. The lowest BCUT2D eigenvalue weighted by Crippen LogP contribution is -2.55. The molecule has 1 saturated carbocycles. The summed E-state index contributed by atoms with van der Waals surface area (Å²) in [6.07, 6.45) is 6.45. The van der Waals surface area contributed by atoms with Crippen LogP contribution < -0.4 is 4.74 Å². The number of likely N-dealkylation sites (tertiary alicyclic amines) is 2. The van der Waals surface area contributed by atoms with Crippen molar-refractivity contribution in [3.05, 3.63) is 28.2 Å². The van der Waals surface area contributed by atoms with Gasteiger partial charge in [0.25, 0.3) is 5.91 Å². The second-order valence-electron chi connectivity index (χ2n) is 8.29. The maximum atomic E-state index is 13.2. The van der Waals surface area contributed by atoms with Crippen molar-refractivity contribution < 1.29 is 9.53 Å². The molecule has 1 aliphatic carbocycles. The molecule has 2 aliphatic heterocycles. The Morgan fingerprint density at radius 1 is 1.19 bits per heavy atom. The molecule has 4 rings (SSSR count). The Kier molecular flexibility index (Phi) is 5.29. The van der Waals surface area contributed by atoms with Gasteiger partial charge in [0, 0.05) is 29.6 Å². The van der Waals surface area contributed by atoms with E-state index in [1.54, 1.807) is 0 Å². The number of benzene rings is 1. The van der Waals surface area contributed by atoms with Crippen LogP contribution in [0.5, 0.6) is 5.75 Å². The van der Waals surface area contributed by atoms with Crippen molar-refractivity contribution in [2.75, 3.05) is 19.6 Å². The van der Waals surface area contributed by atoms with Gasteiger partial charge in [0.2, 0.25) is 0 Å². The summed E-state index contributed by atoms with van der Waals surface area (Å²) in [4.78, 5) is 18.0. The van der Waals surface area contributed by atoms with Crippen molar-refractivity contribution in [1.82, 2.24) is 9.80 Å². The second-order valence-corrected chi connectivity index (χ2v) is 9.20. The number of amides is 1. The molecule has 5 heteroatoms. The van der Waals surface area contributed by atoms with Crippen LogP contribution >= 0.6 is 15.9 Å². The number of ether oxygens (including phenoxy) is 1. The standard InChI is InChI=1S/C21H29BrN2O2/c1-14(2)26-20-12-16(22)5-8-18(20)21(25)23-11-9-19-15(13-23)4-3-10-24(19)17-6-7-17/h5,8,12,14-15,17,19H,3-4,6-7,9-11,13H2,1-2H3/t15-,19+/m0/s1. The average molecular weight is 421 g/mol. The minimum Gasteiger partial charge on any atom is -0.490 e. The number of halogens is 1. The summed E-state index contributed by atoms with van der Waals surface area (Å²) in [5.41, 5.74) is 0.690. The van der Waals surface area contributed by atoms with E-state index in [0.717, 1.165) is 30.0 Å². The molecular weight excluding hydrogens is 392 g/mol. The Labute approximate surface area is 165 Å². The van der Waals surface area contributed by atoms with Crippen molar-refractivity contribution in [2.24, 2.45) is 5.92 Å². The normalized spacial score (nSPS) is 26.7. The van der Waals surface area contributed by atoms with Crippen molar-refractivity contribution in [2.45, 2.75) is 64.1 Å². The van der Waals surface area contributed by atoms with Crippen LogP contribution in [-0.4, -0.2) is 53.5 Å². The van der Waals surface area contributed by atoms with Gasteiger partial charge >= 0.3 is 0 Å². The van der Waals surface area contributed by atoms with Gasteiger partial charge in [-0.25, -0.2) is 0 Å². The maximum absolute atomic E-state index is 13.2. The summed E-state index contributed by atoms with van der Waals surface area (Å²) >= 11 is 3.49. The van der Waals surface area contributed by atoms with Gasteiger partial charge < -0.3 is 9.64 Å². The zero-order valence-corrected chi connectivity index (χ0v) is 17.4. The van der Waals surface area contributed by atoms with E-state index in [9.17, 15) is 4.79 Å². The average Bonchev–Trinajstić information content (AvgIpc) is 3.45. The molecule has 1 aromatic rings. The summed E-state index contributed by atoms with van der Waals surface area (Å²) in [6, 6.07) is 7.27. The van der Waals surface area contributed by atoms with Crippen LogP contribution in [0.15, 0.2) is 22.7 Å². The number of hydrogen-bond donors (Lipinski definition) is 0. The quantitative estimate of drug-likeness (QED) is 0.726. The van der Waals surface area contributed by atoms with E-state index in [4.69, 9.17) is 4.74 Å². The van der Waals surface area contributed by atoms with Crippen LogP contribution in [0.25, 0.3) is 0 Å². The van der Waals surface area contributed by atoms with Crippen molar-refractivity contribution in [3.63, 3.8) is 0 Å². The molecule has 2 heterocycles. The van der Waals surface area contributed by atoms with Gasteiger partial charge in [-0.15, -0.1) is 0 Å². The summed E-state index contributed by atoms with van der Waals surface area (Å²) in [7, 11) is 0. The molecule has 0 spiro atoms. The van der Waals surface area contributed by atoms with Crippen LogP contribution in [0.3, 0.4) is 0 Å². The fraction of sp³-hybridized carbons (Fsp3) is 0.667. The Morgan fingerprint density at radius 2 is 2.00 bits per heavy atom. The molecule has 3 fully saturated rings. The number of fused-ring (bicyclic) bond motifs is 1. The van der Waals surface area contributed by atoms with Gasteiger partial charge in [-0.1, -0.05) is 15.9 Å². The lowest BCUT2D eigenvalue weighted by atomic mass is 9.83. The maximum Gasteiger partial charge on any atom is 0.257 e. The summed E-state index contributed by atoms with van der Waals surface area (Å²) in [5.74, 6) is 1.44. The van der Waals surface area contributed by atoms with E-state index in [-0.39, 0.29) is 12.0 Å². The number of nitrogens with zero attached hydrogens (tertiary/aromatic N) is 2. The Morgan fingerprint density at radius 3 is 2.73 bits per heavy atom. The minimum absolute atomic E-state index is 0.0482. The Bertz CT molecular complexity index is 674. The van der Waals surface area contributed by atoms with Gasteiger partial charge in [-0.2, -0.15) is 0 Å². The van der Waals surface area contributed by atoms with E-state index >= 15 is 0 Å². The third-order valence-electron chi connectivity index (χ3n) is 5.95. The monoisotopic (exact) mass is 420 g/mol. The predicted molar refractivity (Wildman–Crippen MR) is 107 cm³/mol. The zero-order valence-electron chi connectivity index (χ0n) is 15.8. The lowest BCUT2D eigenvalue weighted by Gasteiger charge is -2.47. The number of hydrogen-bond acceptors (Lipinski definition) is 3. The van der Waals surface area contributed by atoms with Gasteiger partial charge in [0.05, 0.1) is 11.7 Å². The summed E-state index contributed by atoms with van der Waals surface area (Å²) in [6.45, 7) is 7.01. The first kappa shape index (κ1) is 18.3. The van der Waals surface area contributed by atoms with Gasteiger partial charge in [0.15, 0.2) is 0 Å². The van der Waals surface area contributed by atoms with Crippen molar-refractivity contribution in [3.8, 4) is 5.75 Å². The SMILES string of the molecule is CC(C)Oc1cc(Br)ccc1C(=O)N1CC[C@@H]2[C@@H](CCCN2C2CC2)C1. The molecular formula is C21H29BrN2O2. The van der Waals surface area contributed by atoms with Crippen LogP contribution in [-0.2, 0) is 0 Å². The molecule has 0 aromatic heterocycles. The second kappa shape index (κ2) is 7.51. The number of carbonyl (C=O) groups excluding carboxylic acids is 1. The molecule has 0 radical (unpaired) electrons. The fourth-order valence-corrected chi connectivity index (χ4v) is 5.02.